The second-order valence-electron chi connectivity index (χ2n) is 7.28. The molecule has 30 heavy (non-hydrogen) atoms. The summed E-state index contributed by atoms with van der Waals surface area (Å²) in [5.41, 5.74) is 4.10. The van der Waals surface area contributed by atoms with Gasteiger partial charge in [0.25, 0.3) is 0 Å². The van der Waals surface area contributed by atoms with Gasteiger partial charge in [0.05, 0.1) is 7.11 Å². The summed E-state index contributed by atoms with van der Waals surface area (Å²) < 4.78 is 20.3. The first kappa shape index (κ1) is 18.7. The second kappa shape index (κ2) is 7.48. The molecular formula is C27H21O2P. The van der Waals surface area contributed by atoms with Crippen LogP contribution in [0.5, 0.6) is 5.75 Å². The minimum atomic E-state index is -3.04. The molecule has 0 N–H and O–H groups in total. The summed E-state index contributed by atoms with van der Waals surface area (Å²) in [6.45, 7) is 0. The zero-order chi connectivity index (χ0) is 20.6. The molecule has 0 amide bonds. The maximum Gasteiger partial charge on any atom is 0.172 e. The number of benzene rings is 4. The van der Waals surface area contributed by atoms with E-state index in [1.54, 1.807) is 7.11 Å². The third-order valence-corrected chi connectivity index (χ3v) is 8.82. The zero-order valence-corrected chi connectivity index (χ0v) is 17.6. The van der Waals surface area contributed by atoms with Crippen molar-refractivity contribution in [2.75, 3.05) is 7.11 Å². The van der Waals surface area contributed by atoms with E-state index in [4.69, 9.17) is 4.74 Å². The van der Waals surface area contributed by atoms with Crippen LogP contribution < -0.4 is 15.3 Å². The summed E-state index contributed by atoms with van der Waals surface area (Å²) in [5, 5.41) is 2.67. The van der Waals surface area contributed by atoms with Crippen molar-refractivity contribution in [3.05, 3.63) is 126 Å². The predicted octanol–water partition coefficient (Wildman–Crippen LogP) is 5.94. The van der Waals surface area contributed by atoms with E-state index >= 15 is 0 Å². The lowest BCUT2D eigenvalue weighted by molar-refractivity contribution is 0.415. The van der Waals surface area contributed by atoms with E-state index in [1.807, 2.05) is 78.9 Å². The van der Waals surface area contributed by atoms with Crippen molar-refractivity contribution in [2.24, 2.45) is 0 Å². The quantitative estimate of drug-likeness (QED) is 0.391. The Hall–Kier alpha value is -3.35. The van der Waals surface area contributed by atoms with Crippen molar-refractivity contribution >= 4 is 28.6 Å². The Balaban J connectivity index is 1.89. The molecule has 0 aromatic heterocycles. The first-order chi connectivity index (χ1) is 14.7. The molecule has 1 aliphatic heterocycles. The lowest BCUT2D eigenvalue weighted by Crippen LogP contribution is -2.15. The van der Waals surface area contributed by atoms with Gasteiger partial charge in [-0.2, -0.15) is 0 Å². The molecule has 0 saturated carbocycles. The van der Waals surface area contributed by atoms with Crippen LogP contribution in [0.1, 0.15) is 16.7 Å². The van der Waals surface area contributed by atoms with Crippen LogP contribution in [0, 0.1) is 0 Å². The maximum absolute atomic E-state index is 15.0. The fourth-order valence-electron chi connectivity index (χ4n) is 4.24. The minimum Gasteiger partial charge on any atom is -0.497 e. The van der Waals surface area contributed by atoms with Crippen LogP contribution in [0.4, 0.5) is 0 Å². The first-order valence-electron chi connectivity index (χ1n) is 9.94. The van der Waals surface area contributed by atoms with Gasteiger partial charge in [0.15, 0.2) is 7.14 Å². The predicted molar refractivity (Wildman–Crippen MR) is 125 cm³/mol. The Morgan fingerprint density at radius 3 is 1.90 bits per heavy atom. The van der Waals surface area contributed by atoms with Crippen LogP contribution in [0.25, 0.3) is 10.9 Å². The molecule has 0 aliphatic carbocycles. The van der Waals surface area contributed by atoms with Gasteiger partial charge in [0.2, 0.25) is 0 Å². The lowest BCUT2D eigenvalue weighted by atomic mass is 9.95. The van der Waals surface area contributed by atoms with Gasteiger partial charge in [-0.3, -0.25) is 0 Å². The number of methoxy groups -OCH3 is 1. The Morgan fingerprint density at radius 2 is 1.23 bits per heavy atom. The topological polar surface area (TPSA) is 26.3 Å². The molecule has 4 aromatic carbocycles. The average Bonchev–Trinajstić information content (AvgIpc) is 3.10. The maximum atomic E-state index is 15.0. The highest BCUT2D eigenvalue weighted by Crippen LogP contribution is 2.65. The number of fused-ring (bicyclic) bond motifs is 1. The van der Waals surface area contributed by atoms with E-state index in [2.05, 4.69) is 30.3 Å². The van der Waals surface area contributed by atoms with Crippen LogP contribution in [0.15, 0.2) is 109 Å². The van der Waals surface area contributed by atoms with Crippen molar-refractivity contribution in [2.45, 2.75) is 0 Å². The molecule has 1 atom stereocenters. The van der Waals surface area contributed by atoms with E-state index in [1.165, 1.54) is 0 Å². The van der Waals surface area contributed by atoms with Gasteiger partial charge in [-0.1, -0.05) is 97.1 Å². The SMILES string of the molecule is COc1ccc(C2=C(c3ccccc3)P(=O)(c3ccccc3)c3ccccc32)cc1. The van der Waals surface area contributed by atoms with Gasteiger partial charge in [-0.05, 0) is 28.8 Å². The molecular weight excluding hydrogens is 387 g/mol. The molecule has 0 spiro atoms. The summed E-state index contributed by atoms with van der Waals surface area (Å²) in [4.78, 5) is 0. The smallest absolute Gasteiger partial charge is 0.172 e. The van der Waals surface area contributed by atoms with Crippen molar-refractivity contribution < 1.29 is 9.30 Å². The van der Waals surface area contributed by atoms with Gasteiger partial charge in [-0.15, -0.1) is 0 Å². The summed E-state index contributed by atoms with van der Waals surface area (Å²) in [6.07, 6.45) is 0. The number of hydrogen-bond acceptors (Lipinski definition) is 2. The van der Waals surface area contributed by atoms with Gasteiger partial charge in [0, 0.05) is 21.5 Å². The highest BCUT2D eigenvalue weighted by atomic mass is 31.2. The van der Waals surface area contributed by atoms with Crippen LogP contribution in [-0.2, 0) is 4.57 Å². The Labute approximate surface area is 176 Å². The van der Waals surface area contributed by atoms with Gasteiger partial charge >= 0.3 is 0 Å². The summed E-state index contributed by atoms with van der Waals surface area (Å²) >= 11 is 0. The summed E-state index contributed by atoms with van der Waals surface area (Å²) in [5.74, 6) is 0.804. The highest BCUT2D eigenvalue weighted by Gasteiger charge is 2.43. The Kier molecular flexibility index (Phi) is 4.65. The molecule has 146 valence electrons. The summed E-state index contributed by atoms with van der Waals surface area (Å²) in [7, 11) is -1.37. The largest absolute Gasteiger partial charge is 0.497 e. The molecule has 1 aliphatic rings. The summed E-state index contributed by atoms with van der Waals surface area (Å²) in [6, 6.07) is 36.1. The number of rotatable bonds is 4. The van der Waals surface area contributed by atoms with Crippen molar-refractivity contribution in [3.63, 3.8) is 0 Å². The van der Waals surface area contributed by atoms with E-state index in [-0.39, 0.29) is 0 Å². The minimum absolute atomic E-state index is 0.804. The van der Waals surface area contributed by atoms with Gasteiger partial charge in [0.1, 0.15) is 5.75 Å². The zero-order valence-electron chi connectivity index (χ0n) is 16.7. The van der Waals surface area contributed by atoms with E-state index < -0.39 is 7.14 Å². The van der Waals surface area contributed by atoms with Crippen LogP contribution in [0.3, 0.4) is 0 Å². The van der Waals surface area contributed by atoms with E-state index in [0.717, 1.165) is 43.9 Å². The molecule has 4 aromatic rings. The average molecular weight is 408 g/mol. The fourth-order valence-corrected chi connectivity index (χ4v) is 7.51. The van der Waals surface area contributed by atoms with Crippen molar-refractivity contribution in [1.29, 1.82) is 0 Å². The standard InChI is InChI=1S/C27H21O2P/c1-29-22-18-16-20(17-19-22)26-24-14-8-9-15-25(24)30(28,23-12-6-3-7-13-23)27(26)21-10-4-2-5-11-21/h2-19H,1H3. The van der Waals surface area contributed by atoms with Crippen LogP contribution in [-0.4, -0.2) is 7.11 Å². The number of hydrogen-bond donors (Lipinski definition) is 0. The fraction of sp³-hybridized carbons (Fsp3) is 0.0370. The van der Waals surface area contributed by atoms with Crippen LogP contribution >= 0.6 is 7.14 Å². The van der Waals surface area contributed by atoms with Gasteiger partial charge in [-0.25, -0.2) is 0 Å². The van der Waals surface area contributed by atoms with E-state index in [9.17, 15) is 4.57 Å². The molecule has 0 fully saturated rings. The third kappa shape index (κ3) is 2.84. The third-order valence-electron chi connectivity index (χ3n) is 5.61. The molecule has 3 heteroatoms. The molecule has 1 heterocycles. The van der Waals surface area contributed by atoms with E-state index in [0.29, 0.717) is 0 Å². The molecule has 0 saturated heterocycles. The lowest BCUT2D eigenvalue weighted by Gasteiger charge is -2.19. The number of ether oxygens (including phenoxy) is 1. The monoisotopic (exact) mass is 408 g/mol. The Morgan fingerprint density at radius 1 is 0.633 bits per heavy atom. The normalized spacial score (nSPS) is 17.6. The van der Waals surface area contributed by atoms with Crippen molar-refractivity contribution in [3.8, 4) is 5.75 Å². The first-order valence-corrected chi connectivity index (χ1v) is 11.6. The second-order valence-corrected chi connectivity index (χ2v) is 9.94. The van der Waals surface area contributed by atoms with Crippen LogP contribution in [0.2, 0.25) is 0 Å². The molecule has 2 nitrogen and oxygen atoms in total. The highest BCUT2D eigenvalue weighted by molar-refractivity contribution is 7.88. The molecule has 1 unspecified atom stereocenters. The Bertz CT molecular complexity index is 1270. The molecule has 0 bridgehead atoms. The van der Waals surface area contributed by atoms with Crippen molar-refractivity contribution in [1.82, 2.24) is 0 Å². The molecule has 0 radical (unpaired) electrons. The molecule has 5 rings (SSSR count). The van der Waals surface area contributed by atoms with Gasteiger partial charge < -0.3 is 9.30 Å².